The Hall–Kier alpha value is -1.55. The molecular weight excluding hydrogens is 298 g/mol. The van der Waals surface area contributed by atoms with Crippen LogP contribution >= 0.6 is 0 Å². The smallest absolute Gasteiger partial charge is 0.149 e. The number of nitrogens with zero attached hydrogens (tertiary/aromatic N) is 1. The van der Waals surface area contributed by atoms with Crippen molar-refractivity contribution in [1.82, 2.24) is 5.32 Å². The number of benzene rings is 1. The molecule has 3 rings (SSSR count). The summed E-state index contributed by atoms with van der Waals surface area (Å²) in [6, 6.07) is 6.48. The van der Waals surface area contributed by atoms with Gasteiger partial charge in [0.1, 0.15) is 5.78 Å². The third-order valence-electron chi connectivity index (χ3n) is 5.04. The van der Waals surface area contributed by atoms with Gasteiger partial charge in [-0.25, -0.2) is 0 Å². The van der Waals surface area contributed by atoms with Gasteiger partial charge in [-0.05, 0) is 72.1 Å². The van der Waals surface area contributed by atoms with Crippen LogP contribution in [0.25, 0.3) is 0 Å². The van der Waals surface area contributed by atoms with Crippen LogP contribution in [0.5, 0.6) is 0 Å². The molecule has 0 aromatic heterocycles. The summed E-state index contributed by atoms with van der Waals surface area (Å²) in [4.78, 5) is 14.1. The van der Waals surface area contributed by atoms with Gasteiger partial charge in [0.05, 0.1) is 23.5 Å². The van der Waals surface area contributed by atoms with E-state index in [4.69, 9.17) is 0 Å². The molecular formula is C20H31N3O. The van der Waals surface area contributed by atoms with E-state index in [2.05, 4.69) is 68.4 Å². The number of carbonyl (C=O) groups is 1. The molecule has 2 aliphatic heterocycles. The number of ketones is 1. The zero-order valence-electron chi connectivity index (χ0n) is 15.9. The molecule has 1 saturated heterocycles. The van der Waals surface area contributed by atoms with Gasteiger partial charge in [-0.15, -0.1) is 0 Å². The summed E-state index contributed by atoms with van der Waals surface area (Å²) >= 11 is 0. The van der Waals surface area contributed by atoms with Crippen molar-refractivity contribution in [2.24, 2.45) is 0 Å². The number of aryl methyl sites for hydroxylation is 1. The number of hydrogen-bond acceptors (Lipinski definition) is 4. The molecule has 1 spiro atoms. The van der Waals surface area contributed by atoms with Gasteiger partial charge in [0, 0.05) is 17.6 Å². The molecule has 1 aromatic rings. The quantitative estimate of drug-likeness (QED) is 0.872. The van der Waals surface area contributed by atoms with E-state index in [0.29, 0.717) is 6.54 Å². The Morgan fingerprint density at radius 3 is 2.38 bits per heavy atom. The van der Waals surface area contributed by atoms with Crippen LogP contribution in [0.3, 0.4) is 0 Å². The third kappa shape index (κ3) is 3.44. The second kappa shape index (κ2) is 5.48. The summed E-state index contributed by atoms with van der Waals surface area (Å²) in [7, 11) is 0. The third-order valence-corrected chi connectivity index (χ3v) is 5.04. The molecule has 0 radical (unpaired) electrons. The first-order chi connectivity index (χ1) is 11.0. The average Bonchev–Trinajstić information content (AvgIpc) is 2.32. The van der Waals surface area contributed by atoms with E-state index in [-0.39, 0.29) is 22.4 Å². The molecule has 2 heterocycles. The number of piperidine rings is 1. The molecule has 2 aliphatic rings. The predicted octanol–water partition coefficient (Wildman–Crippen LogP) is 3.50. The lowest BCUT2D eigenvalue weighted by Gasteiger charge is -2.57. The number of fused-ring (bicyclic) bond motifs is 1. The number of nitrogens with one attached hydrogen (secondary N) is 2. The Morgan fingerprint density at radius 1 is 1.17 bits per heavy atom. The van der Waals surface area contributed by atoms with Crippen LogP contribution in [0.15, 0.2) is 18.2 Å². The highest BCUT2D eigenvalue weighted by atomic mass is 16.1. The van der Waals surface area contributed by atoms with Gasteiger partial charge in [0.25, 0.3) is 0 Å². The molecule has 4 heteroatoms. The van der Waals surface area contributed by atoms with Crippen LogP contribution in [-0.4, -0.2) is 35.5 Å². The fraction of sp³-hybridized carbons (Fsp3) is 0.650. The zero-order chi connectivity index (χ0) is 17.8. The van der Waals surface area contributed by atoms with E-state index in [1.165, 1.54) is 5.56 Å². The Kier molecular flexibility index (Phi) is 3.95. The molecule has 0 saturated carbocycles. The minimum absolute atomic E-state index is 0.0194. The van der Waals surface area contributed by atoms with Gasteiger partial charge in [0.15, 0.2) is 0 Å². The molecule has 1 aromatic carbocycles. The maximum absolute atomic E-state index is 11.8. The first-order valence-electron chi connectivity index (χ1n) is 8.92. The Morgan fingerprint density at radius 2 is 1.79 bits per heavy atom. The number of anilines is 2. The topological polar surface area (TPSA) is 44.4 Å². The summed E-state index contributed by atoms with van der Waals surface area (Å²) in [5, 5.41) is 7.64. The van der Waals surface area contributed by atoms with Crippen LogP contribution in [0.2, 0.25) is 0 Å². The van der Waals surface area contributed by atoms with Crippen LogP contribution in [0, 0.1) is 6.92 Å². The van der Waals surface area contributed by atoms with Crippen LogP contribution < -0.4 is 15.5 Å². The fourth-order valence-corrected chi connectivity index (χ4v) is 5.17. The Balaban J connectivity index is 2.03. The molecule has 0 atom stereocenters. The van der Waals surface area contributed by atoms with E-state index >= 15 is 0 Å². The Bertz CT molecular complexity index is 647. The standard InChI is InChI=1S/C20H31N3O/c1-14-7-8-17-16(9-14)21-20(13-23(17)10-15(2)24)11-18(3,4)22-19(5,6)12-20/h7-9,21-22H,10-13H2,1-6H3. The number of rotatable bonds is 2. The van der Waals surface area contributed by atoms with Crippen molar-refractivity contribution in [2.45, 2.75) is 71.0 Å². The SMILES string of the molecule is CC(=O)CN1CC2(CC(C)(C)NC(C)(C)C2)Nc2cc(C)ccc21. The van der Waals surface area contributed by atoms with Gasteiger partial charge < -0.3 is 15.5 Å². The van der Waals surface area contributed by atoms with Crippen molar-refractivity contribution in [2.75, 3.05) is 23.3 Å². The molecule has 0 amide bonds. The van der Waals surface area contributed by atoms with Crippen molar-refractivity contribution >= 4 is 17.2 Å². The lowest BCUT2D eigenvalue weighted by molar-refractivity contribution is -0.115. The van der Waals surface area contributed by atoms with E-state index in [1.807, 2.05) is 0 Å². The summed E-state index contributed by atoms with van der Waals surface area (Å²) < 4.78 is 0. The number of hydrogen-bond donors (Lipinski definition) is 2. The van der Waals surface area contributed by atoms with Crippen molar-refractivity contribution in [3.8, 4) is 0 Å². The molecule has 0 bridgehead atoms. The fourth-order valence-electron chi connectivity index (χ4n) is 5.17. The maximum Gasteiger partial charge on any atom is 0.149 e. The molecule has 24 heavy (non-hydrogen) atoms. The highest BCUT2D eigenvalue weighted by Gasteiger charge is 2.49. The lowest BCUT2D eigenvalue weighted by atomic mass is 9.69. The minimum Gasteiger partial charge on any atom is -0.376 e. The van der Waals surface area contributed by atoms with Crippen molar-refractivity contribution in [3.63, 3.8) is 0 Å². The van der Waals surface area contributed by atoms with Crippen molar-refractivity contribution in [3.05, 3.63) is 23.8 Å². The zero-order valence-corrected chi connectivity index (χ0v) is 15.9. The van der Waals surface area contributed by atoms with Crippen LogP contribution in [0.4, 0.5) is 11.4 Å². The second-order valence-electron chi connectivity index (χ2n) is 9.23. The maximum atomic E-state index is 11.8. The molecule has 132 valence electrons. The summed E-state index contributed by atoms with van der Waals surface area (Å²) in [5.41, 5.74) is 3.64. The van der Waals surface area contributed by atoms with Crippen molar-refractivity contribution < 1.29 is 4.79 Å². The average molecular weight is 329 g/mol. The monoisotopic (exact) mass is 329 g/mol. The van der Waals surface area contributed by atoms with Crippen molar-refractivity contribution in [1.29, 1.82) is 0 Å². The van der Waals surface area contributed by atoms with Gasteiger partial charge in [-0.1, -0.05) is 6.07 Å². The van der Waals surface area contributed by atoms with E-state index in [9.17, 15) is 4.79 Å². The summed E-state index contributed by atoms with van der Waals surface area (Å²) in [6.07, 6.45) is 2.07. The largest absolute Gasteiger partial charge is 0.376 e. The van der Waals surface area contributed by atoms with Crippen LogP contribution in [-0.2, 0) is 4.79 Å². The van der Waals surface area contributed by atoms with E-state index in [1.54, 1.807) is 6.92 Å². The highest BCUT2D eigenvalue weighted by Crippen LogP contribution is 2.44. The molecule has 1 fully saturated rings. The second-order valence-corrected chi connectivity index (χ2v) is 9.23. The molecule has 2 N–H and O–H groups in total. The normalized spacial score (nSPS) is 23.5. The lowest BCUT2D eigenvalue weighted by Crippen LogP contribution is -2.69. The molecule has 0 aliphatic carbocycles. The summed E-state index contributed by atoms with van der Waals surface area (Å²) in [5.74, 6) is 0.214. The molecule has 0 unspecified atom stereocenters. The van der Waals surface area contributed by atoms with Gasteiger partial charge >= 0.3 is 0 Å². The molecule has 4 nitrogen and oxygen atoms in total. The number of carbonyl (C=O) groups excluding carboxylic acids is 1. The first-order valence-corrected chi connectivity index (χ1v) is 8.92. The van der Waals surface area contributed by atoms with Gasteiger partial charge in [0.2, 0.25) is 0 Å². The highest BCUT2D eigenvalue weighted by molar-refractivity contribution is 5.84. The predicted molar refractivity (Wildman–Crippen MR) is 101 cm³/mol. The minimum atomic E-state index is -0.0194. The van der Waals surface area contributed by atoms with E-state index in [0.717, 1.165) is 30.8 Å². The van der Waals surface area contributed by atoms with Gasteiger partial charge in [-0.2, -0.15) is 0 Å². The Labute approximate surface area is 146 Å². The number of Topliss-reactive ketones (excluding diaryl/α,β-unsaturated/α-hetero) is 1. The summed E-state index contributed by atoms with van der Waals surface area (Å²) in [6.45, 7) is 14.3. The van der Waals surface area contributed by atoms with Crippen LogP contribution in [0.1, 0.15) is 53.0 Å². The first kappa shape index (κ1) is 17.3. The van der Waals surface area contributed by atoms with E-state index < -0.39 is 0 Å². The van der Waals surface area contributed by atoms with Gasteiger partial charge in [-0.3, -0.25) is 4.79 Å².